The first-order valence-corrected chi connectivity index (χ1v) is 3.63. The minimum Gasteiger partial charge on any atom is -0.385 e. The highest BCUT2D eigenvalue weighted by Gasteiger charge is 1.99. The Kier molecular flexibility index (Phi) is 1.98. The lowest BCUT2D eigenvalue weighted by molar-refractivity contribution is 1.05. The van der Waals surface area contributed by atoms with Gasteiger partial charge in [-0.15, -0.1) is 0 Å². The van der Waals surface area contributed by atoms with Crippen molar-refractivity contribution in [2.75, 3.05) is 5.73 Å². The maximum Gasteiger partial charge on any atom is 0.252 e. The molecule has 0 saturated heterocycles. The molecule has 11 heavy (non-hydrogen) atoms. The van der Waals surface area contributed by atoms with E-state index in [1.165, 1.54) is 0 Å². The quantitative estimate of drug-likeness (QED) is 0.626. The van der Waals surface area contributed by atoms with E-state index in [4.69, 9.17) is 5.73 Å². The number of aromatic amines is 1. The summed E-state index contributed by atoms with van der Waals surface area (Å²) >= 11 is 0. The summed E-state index contributed by atoms with van der Waals surface area (Å²) in [5, 5.41) is 0. The van der Waals surface area contributed by atoms with Crippen LogP contribution in [0.4, 0.5) is 5.82 Å². The third kappa shape index (κ3) is 1.42. The second-order valence-electron chi connectivity index (χ2n) is 2.57. The maximum atomic E-state index is 11.1. The molecule has 0 amide bonds. The molecule has 0 bridgehead atoms. The number of nitrogens with two attached hydrogens (primary N) is 1. The number of rotatable bonds is 1. The Morgan fingerprint density at radius 3 is 2.82 bits per heavy atom. The van der Waals surface area contributed by atoms with Gasteiger partial charge >= 0.3 is 0 Å². The first-order chi connectivity index (χ1) is 5.15. The van der Waals surface area contributed by atoms with Gasteiger partial charge in [0.2, 0.25) is 0 Å². The SMILES string of the molecule is CCc1cc(C)c(N)[nH]c1=O. The average molecular weight is 152 g/mol. The van der Waals surface area contributed by atoms with Crippen LogP contribution < -0.4 is 11.3 Å². The Labute approximate surface area is 65.2 Å². The minimum absolute atomic E-state index is 0.0735. The number of hydrogen-bond acceptors (Lipinski definition) is 2. The standard InChI is InChI=1S/C8H12N2O/c1-3-6-4-5(2)7(9)10-8(6)11/h4H,3H2,1-2H3,(H3,9,10,11). The van der Waals surface area contributed by atoms with Crippen molar-refractivity contribution < 1.29 is 0 Å². The fraction of sp³-hybridized carbons (Fsp3) is 0.375. The molecule has 1 heterocycles. The van der Waals surface area contributed by atoms with Gasteiger partial charge in [-0.05, 0) is 25.0 Å². The molecule has 60 valence electrons. The molecule has 0 aliphatic rings. The smallest absolute Gasteiger partial charge is 0.252 e. The zero-order valence-corrected chi connectivity index (χ0v) is 6.77. The van der Waals surface area contributed by atoms with Crippen molar-refractivity contribution in [2.45, 2.75) is 20.3 Å². The zero-order chi connectivity index (χ0) is 8.43. The molecule has 0 spiro atoms. The Morgan fingerprint density at radius 1 is 1.64 bits per heavy atom. The molecule has 0 aliphatic carbocycles. The summed E-state index contributed by atoms with van der Waals surface area (Å²) in [6.07, 6.45) is 0.746. The second-order valence-corrected chi connectivity index (χ2v) is 2.57. The van der Waals surface area contributed by atoms with Gasteiger partial charge in [-0.2, -0.15) is 0 Å². The summed E-state index contributed by atoms with van der Waals surface area (Å²) in [6, 6.07) is 1.83. The van der Waals surface area contributed by atoms with E-state index in [9.17, 15) is 4.79 Å². The topological polar surface area (TPSA) is 58.9 Å². The summed E-state index contributed by atoms with van der Waals surface area (Å²) in [5.41, 5.74) is 7.14. The molecule has 1 rings (SSSR count). The first-order valence-electron chi connectivity index (χ1n) is 3.63. The number of nitrogen functional groups attached to an aromatic ring is 1. The van der Waals surface area contributed by atoms with E-state index in [0.717, 1.165) is 17.5 Å². The van der Waals surface area contributed by atoms with Crippen LogP contribution in [0.15, 0.2) is 10.9 Å². The lowest BCUT2D eigenvalue weighted by atomic mass is 10.1. The van der Waals surface area contributed by atoms with Crippen LogP contribution in [0.3, 0.4) is 0 Å². The molecule has 0 atom stereocenters. The maximum absolute atomic E-state index is 11.1. The van der Waals surface area contributed by atoms with Gasteiger partial charge in [0.15, 0.2) is 0 Å². The van der Waals surface area contributed by atoms with Crippen LogP contribution in [0, 0.1) is 6.92 Å². The van der Waals surface area contributed by atoms with E-state index in [0.29, 0.717) is 5.82 Å². The largest absolute Gasteiger partial charge is 0.385 e. The summed E-state index contributed by atoms with van der Waals surface area (Å²) in [4.78, 5) is 13.7. The van der Waals surface area contributed by atoms with Crippen molar-refractivity contribution in [1.29, 1.82) is 0 Å². The van der Waals surface area contributed by atoms with E-state index in [-0.39, 0.29) is 5.56 Å². The van der Waals surface area contributed by atoms with Gasteiger partial charge in [0, 0.05) is 5.56 Å². The van der Waals surface area contributed by atoms with Gasteiger partial charge in [-0.25, -0.2) is 0 Å². The first kappa shape index (κ1) is 7.85. The molecule has 1 aromatic rings. The van der Waals surface area contributed by atoms with Gasteiger partial charge < -0.3 is 10.7 Å². The summed E-state index contributed by atoms with van der Waals surface area (Å²) in [5.74, 6) is 0.465. The predicted molar refractivity (Wildman–Crippen MR) is 45.6 cm³/mol. The second kappa shape index (κ2) is 2.78. The van der Waals surface area contributed by atoms with Crippen LogP contribution in [0.5, 0.6) is 0 Å². The Balaban J connectivity index is 3.32. The van der Waals surface area contributed by atoms with E-state index in [2.05, 4.69) is 4.98 Å². The van der Waals surface area contributed by atoms with E-state index >= 15 is 0 Å². The van der Waals surface area contributed by atoms with Crippen LogP contribution in [0.2, 0.25) is 0 Å². The number of hydrogen-bond donors (Lipinski definition) is 2. The molecule has 0 aromatic carbocycles. The summed E-state index contributed by atoms with van der Waals surface area (Å²) < 4.78 is 0. The minimum atomic E-state index is -0.0735. The Hall–Kier alpha value is -1.25. The van der Waals surface area contributed by atoms with E-state index < -0.39 is 0 Å². The van der Waals surface area contributed by atoms with Crippen LogP contribution >= 0.6 is 0 Å². The van der Waals surface area contributed by atoms with Crippen molar-refractivity contribution in [1.82, 2.24) is 4.98 Å². The number of pyridine rings is 1. The summed E-state index contributed by atoms with van der Waals surface area (Å²) in [6.45, 7) is 3.82. The molecule has 0 saturated carbocycles. The number of anilines is 1. The van der Waals surface area contributed by atoms with Crippen LogP contribution in [0.1, 0.15) is 18.1 Å². The Morgan fingerprint density at radius 2 is 2.27 bits per heavy atom. The zero-order valence-electron chi connectivity index (χ0n) is 6.77. The molecule has 1 aromatic heterocycles. The van der Waals surface area contributed by atoms with Crippen LogP contribution in [-0.2, 0) is 6.42 Å². The monoisotopic (exact) mass is 152 g/mol. The van der Waals surface area contributed by atoms with E-state index in [1.54, 1.807) is 0 Å². The molecule has 3 heteroatoms. The number of aromatic nitrogens is 1. The number of H-pyrrole nitrogens is 1. The van der Waals surface area contributed by atoms with Crippen molar-refractivity contribution in [3.8, 4) is 0 Å². The molecular formula is C8H12N2O. The molecular weight excluding hydrogens is 140 g/mol. The molecule has 0 fully saturated rings. The van der Waals surface area contributed by atoms with Gasteiger partial charge in [0.1, 0.15) is 5.82 Å². The van der Waals surface area contributed by atoms with Crippen molar-refractivity contribution in [3.63, 3.8) is 0 Å². The summed E-state index contributed by atoms with van der Waals surface area (Å²) in [7, 11) is 0. The average Bonchev–Trinajstić information content (AvgIpc) is 1.97. The fourth-order valence-corrected chi connectivity index (χ4v) is 0.968. The highest BCUT2D eigenvalue weighted by molar-refractivity contribution is 5.39. The lowest BCUT2D eigenvalue weighted by Gasteiger charge is -2.00. The highest BCUT2D eigenvalue weighted by atomic mass is 16.1. The van der Waals surface area contributed by atoms with Crippen LogP contribution in [-0.4, -0.2) is 4.98 Å². The normalized spacial score (nSPS) is 10.0. The molecule has 0 unspecified atom stereocenters. The fourth-order valence-electron chi connectivity index (χ4n) is 0.968. The lowest BCUT2D eigenvalue weighted by Crippen LogP contribution is -2.14. The highest BCUT2D eigenvalue weighted by Crippen LogP contribution is 2.04. The Bertz CT molecular complexity index is 314. The van der Waals surface area contributed by atoms with Gasteiger partial charge in [-0.3, -0.25) is 4.79 Å². The van der Waals surface area contributed by atoms with Crippen molar-refractivity contribution >= 4 is 5.82 Å². The third-order valence-electron chi connectivity index (χ3n) is 1.74. The van der Waals surface area contributed by atoms with Crippen LogP contribution in [0.25, 0.3) is 0 Å². The number of aryl methyl sites for hydroxylation is 2. The molecule has 0 radical (unpaired) electrons. The van der Waals surface area contributed by atoms with Gasteiger partial charge in [-0.1, -0.05) is 6.92 Å². The molecule has 0 aliphatic heterocycles. The van der Waals surface area contributed by atoms with Gasteiger partial charge in [0.25, 0.3) is 5.56 Å². The van der Waals surface area contributed by atoms with Crippen molar-refractivity contribution in [2.24, 2.45) is 0 Å². The molecule has 3 N–H and O–H groups in total. The third-order valence-corrected chi connectivity index (χ3v) is 1.74. The predicted octanol–water partition coefficient (Wildman–Crippen LogP) is 0.828. The van der Waals surface area contributed by atoms with E-state index in [1.807, 2.05) is 19.9 Å². The van der Waals surface area contributed by atoms with Gasteiger partial charge in [0.05, 0.1) is 0 Å². The van der Waals surface area contributed by atoms with Crippen molar-refractivity contribution in [3.05, 3.63) is 27.5 Å². The number of nitrogens with one attached hydrogen (secondary N) is 1. The molecule has 3 nitrogen and oxygen atoms in total.